The van der Waals surface area contributed by atoms with Crippen molar-refractivity contribution in [2.75, 3.05) is 5.32 Å². The Hall–Kier alpha value is -1.86. The van der Waals surface area contributed by atoms with Crippen LogP contribution in [-0.2, 0) is 9.59 Å². The molecule has 102 valence electrons. The van der Waals surface area contributed by atoms with E-state index in [2.05, 4.69) is 10.6 Å². The SMILES string of the molecule is CC1Oc2ccc(C=C3SC(=S)NC3=O)cc2NC1=O. The lowest BCUT2D eigenvalue weighted by Crippen LogP contribution is -2.34. The maximum atomic E-state index is 11.6. The first kappa shape index (κ1) is 13.1. The zero-order chi connectivity index (χ0) is 14.3. The molecule has 1 unspecified atom stereocenters. The van der Waals surface area contributed by atoms with Crippen LogP contribution < -0.4 is 15.4 Å². The summed E-state index contributed by atoms with van der Waals surface area (Å²) in [5.41, 5.74) is 1.40. The van der Waals surface area contributed by atoms with E-state index in [0.717, 1.165) is 5.56 Å². The van der Waals surface area contributed by atoms with Crippen LogP contribution in [0.1, 0.15) is 12.5 Å². The summed E-state index contributed by atoms with van der Waals surface area (Å²) in [6, 6.07) is 5.36. The van der Waals surface area contributed by atoms with E-state index in [0.29, 0.717) is 20.7 Å². The third-order valence-corrected chi connectivity index (χ3v) is 4.04. The maximum Gasteiger partial charge on any atom is 0.265 e. The lowest BCUT2D eigenvalue weighted by atomic mass is 10.1. The molecule has 1 aromatic rings. The fraction of sp³-hybridized carbons (Fsp3) is 0.154. The van der Waals surface area contributed by atoms with Crippen molar-refractivity contribution in [3.63, 3.8) is 0 Å². The number of anilines is 1. The summed E-state index contributed by atoms with van der Waals surface area (Å²) in [4.78, 5) is 23.7. The zero-order valence-corrected chi connectivity index (χ0v) is 12.1. The van der Waals surface area contributed by atoms with Gasteiger partial charge in [-0.15, -0.1) is 0 Å². The molecule has 20 heavy (non-hydrogen) atoms. The lowest BCUT2D eigenvalue weighted by Gasteiger charge is -2.23. The minimum absolute atomic E-state index is 0.184. The first-order valence-electron chi connectivity index (χ1n) is 5.89. The van der Waals surface area contributed by atoms with E-state index in [-0.39, 0.29) is 11.8 Å². The molecule has 2 heterocycles. The summed E-state index contributed by atoms with van der Waals surface area (Å²) in [5, 5.41) is 5.32. The monoisotopic (exact) mass is 306 g/mol. The molecular weight excluding hydrogens is 296 g/mol. The van der Waals surface area contributed by atoms with Crippen LogP contribution in [0.4, 0.5) is 5.69 Å². The van der Waals surface area contributed by atoms with Gasteiger partial charge in [-0.3, -0.25) is 9.59 Å². The molecule has 0 saturated carbocycles. The first-order valence-corrected chi connectivity index (χ1v) is 7.12. The molecule has 1 atom stereocenters. The summed E-state index contributed by atoms with van der Waals surface area (Å²) in [5.74, 6) is 0.237. The van der Waals surface area contributed by atoms with E-state index in [4.69, 9.17) is 17.0 Å². The third-order valence-electron chi connectivity index (χ3n) is 2.87. The Morgan fingerprint density at radius 2 is 2.15 bits per heavy atom. The lowest BCUT2D eigenvalue weighted by molar-refractivity contribution is -0.122. The van der Waals surface area contributed by atoms with Crippen LogP contribution in [0.5, 0.6) is 5.75 Å². The van der Waals surface area contributed by atoms with Gasteiger partial charge in [-0.1, -0.05) is 30.0 Å². The number of benzene rings is 1. The average Bonchev–Trinajstić information content (AvgIpc) is 2.70. The number of hydrogen-bond donors (Lipinski definition) is 2. The van der Waals surface area contributed by atoms with Crippen LogP contribution in [0.15, 0.2) is 23.1 Å². The molecule has 1 fully saturated rings. The number of ether oxygens (including phenoxy) is 1. The van der Waals surface area contributed by atoms with Crippen molar-refractivity contribution in [1.82, 2.24) is 5.32 Å². The topological polar surface area (TPSA) is 67.4 Å². The first-order chi connectivity index (χ1) is 9.52. The molecule has 1 saturated heterocycles. The van der Waals surface area contributed by atoms with E-state index < -0.39 is 6.10 Å². The fourth-order valence-electron chi connectivity index (χ4n) is 1.89. The average molecular weight is 306 g/mol. The predicted molar refractivity (Wildman–Crippen MR) is 81.5 cm³/mol. The van der Waals surface area contributed by atoms with Crippen molar-refractivity contribution < 1.29 is 14.3 Å². The van der Waals surface area contributed by atoms with Gasteiger partial charge in [0.25, 0.3) is 11.8 Å². The number of carbonyl (C=O) groups excluding carboxylic acids is 2. The van der Waals surface area contributed by atoms with Gasteiger partial charge in [0, 0.05) is 0 Å². The van der Waals surface area contributed by atoms with Crippen LogP contribution >= 0.6 is 24.0 Å². The molecule has 2 amide bonds. The standard InChI is InChI=1S/C13H10N2O3S2/c1-6-11(16)14-8-4-7(2-3-9(8)18-6)5-10-12(17)15-13(19)20-10/h2-6H,1H3,(H,14,16)(H,15,17,19). The predicted octanol–water partition coefficient (Wildman–Crippen LogP) is 1.89. The quantitative estimate of drug-likeness (QED) is 0.613. The van der Waals surface area contributed by atoms with Gasteiger partial charge in [0.05, 0.1) is 10.6 Å². The minimum Gasteiger partial charge on any atom is -0.479 e. The van der Waals surface area contributed by atoms with Gasteiger partial charge >= 0.3 is 0 Å². The van der Waals surface area contributed by atoms with Gasteiger partial charge in [-0.25, -0.2) is 0 Å². The molecule has 0 aliphatic carbocycles. The molecule has 0 bridgehead atoms. The summed E-state index contributed by atoms with van der Waals surface area (Å²) >= 11 is 6.15. The van der Waals surface area contributed by atoms with Crippen LogP contribution in [0.2, 0.25) is 0 Å². The number of amides is 2. The van der Waals surface area contributed by atoms with Gasteiger partial charge in [0.2, 0.25) is 0 Å². The smallest absolute Gasteiger partial charge is 0.265 e. The Morgan fingerprint density at radius 3 is 2.85 bits per heavy atom. The molecule has 0 spiro atoms. The van der Waals surface area contributed by atoms with Crippen molar-refractivity contribution in [2.45, 2.75) is 13.0 Å². The van der Waals surface area contributed by atoms with Gasteiger partial charge in [0.15, 0.2) is 6.10 Å². The summed E-state index contributed by atoms with van der Waals surface area (Å²) in [6.07, 6.45) is 1.23. The Morgan fingerprint density at radius 1 is 1.35 bits per heavy atom. The Balaban J connectivity index is 1.92. The van der Waals surface area contributed by atoms with Crippen molar-refractivity contribution in [2.24, 2.45) is 0 Å². The molecule has 2 aliphatic heterocycles. The number of rotatable bonds is 1. The molecule has 3 rings (SSSR count). The molecule has 2 N–H and O–H groups in total. The van der Waals surface area contributed by atoms with E-state index in [1.807, 2.05) is 6.07 Å². The van der Waals surface area contributed by atoms with Gasteiger partial charge < -0.3 is 15.4 Å². The van der Waals surface area contributed by atoms with Crippen molar-refractivity contribution in [1.29, 1.82) is 0 Å². The Bertz CT molecular complexity index is 670. The van der Waals surface area contributed by atoms with Crippen LogP contribution in [-0.4, -0.2) is 22.2 Å². The molecule has 2 aliphatic rings. The second-order valence-corrected chi connectivity index (χ2v) is 6.08. The zero-order valence-electron chi connectivity index (χ0n) is 10.4. The number of nitrogens with one attached hydrogen (secondary N) is 2. The second-order valence-electron chi connectivity index (χ2n) is 4.36. The van der Waals surface area contributed by atoms with Crippen LogP contribution in [0, 0.1) is 0 Å². The van der Waals surface area contributed by atoms with Crippen LogP contribution in [0.25, 0.3) is 6.08 Å². The normalized spacial score (nSPS) is 23.1. The largest absolute Gasteiger partial charge is 0.479 e. The molecule has 7 heteroatoms. The van der Waals surface area contributed by atoms with Crippen LogP contribution in [0.3, 0.4) is 0 Å². The third kappa shape index (κ3) is 2.41. The highest BCUT2D eigenvalue weighted by Gasteiger charge is 2.24. The molecular formula is C13H10N2O3S2. The van der Waals surface area contributed by atoms with Gasteiger partial charge in [-0.05, 0) is 30.7 Å². The van der Waals surface area contributed by atoms with Crippen molar-refractivity contribution in [3.8, 4) is 5.75 Å². The highest BCUT2D eigenvalue weighted by atomic mass is 32.2. The molecule has 5 nitrogen and oxygen atoms in total. The summed E-state index contributed by atoms with van der Waals surface area (Å²) in [7, 11) is 0. The minimum atomic E-state index is -0.500. The Labute approximate surface area is 124 Å². The Kier molecular flexibility index (Phi) is 3.23. The van der Waals surface area contributed by atoms with Gasteiger partial charge in [-0.2, -0.15) is 0 Å². The van der Waals surface area contributed by atoms with E-state index in [1.165, 1.54) is 11.8 Å². The summed E-state index contributed by atoms with van der Waals surface area (Å²) in [6.45, 7) is 1.69. The van der Waals surface area contributed by atoms with Gasteiger partial charge in [0.1, 0.15) is 10.1 Å². The summed E-state index contributed by atoms with van der Waals surface area (Å²) < 4.78 is 5.92. The number of thiocarbonyl (C=S) groups is 1. The highest BCUT2D eigenvalue weighted by Crippen LogP contribution is 2.32. The van der Waals surface area contributed by atoms with Crippen molar-refractivity contribution >= 4 is 51.9 Å². The number of fused-ring (bicyclic) bond motifs is 1. The fourth-order valence-corrected chi connectivity index (χ4v) is 2.93. The maximum absolute atomic E-state index is 11.6. The molecule has 0 radical (unpaired) electrons. The van der Waals surface area contributed by atoms with Crippen molar-refractivity contribution in [3.05, 3.63) is 28.7 Å². The second kappa shape index (κ2) is 4.92. The van der Waals surface area contributed by atoms with E-state index in [9.17, 15) is 9.59 Å². The highest BCUT2D eigenvalue weighted by molar-refractivity contribution is 8.26. The van der Waals surface area contributed by atoms with E-state index >= 15 is 0 Å². The van der Waals surface area contributed by atoms with E-state index in [1.54, 1.807) is 25.1 Å². The molecule has 1 aromatic carbocycles. The number of hydrogen-bond acceptors (Lipinski definition) is 5. The number of thioether (sulfide) groups is 1. The number of carbonyl (C=O) groups is 2. The molecule has 0 aromatic heterocycles.